The Morgan fingerprint density at radius 1 is 1.14 bits per heavy atom. The van der Waals surface area contributed by atoms with Crippen molar-refractivity contribution in [1.82, 2.24) is 10.6 Å². The zero-order chi connectivity index (χ0) is 19.9. The predicted octanol–water partition coefficient (Wildman–Crippen LogP) is 3.37. The summed E-state index contributed by atoms with van der Waals surface area (Å²) in [6.07, 6.45) is 3.19. The average Bonchev–Trinajstić information content (AvgIpc) is 2.68. The molecule has 0 aromatic heterocycles. The van der Waals surface area contributed by atoms with Crippen molar-refractivity contribution in [3.63, 3.8) is 0 Å². The van der Waals surface area contributed by atoms with E-state index in [9.17, 15) is 4.79 Å². The first kappa shape index (κ1) is 26.3. The molecule has 2 N–H and O–H groups in total. The van der Waals surface area contributed by atoms with Crippen molar-refractivity contribution in [1.29, 1.82) is 0 Å². The largest absolute Gasteiger partial charge is 0.497 e. The number of unbranched alkanes of at least 4 members (excludes halogenated alkanes) is 2. The molecule has 0 amide bonds. The molecule has 0 aliphatic heterocycles. The van der Waals surface area contributed by atoms with Crippen molar-refractivity contribution < 1.29 is 19.0 Å². The monoisotopic (exact) mass is 507 g/mol. The summed E-state index contributed by atoms with van der Waals surface area (Å²) in [4.78, 5) is 15.6. The molecule has 8 heteroatoms. The average molecular weight is 507 g/mol. The molecule has 160 valence electrons. The van der Waals surface area contributed by atoms with Crippen LogP contribution in [0.25, 0.3) is 0 Å². The maximum atomic E-state index is 11.1. The third-order valence-corrected chi connectivity index (χ3v) is 3.81. The summed E-state index contributed by atoms with van der Waals surface area (Å²) in [5, 5.41) is 6.53. The zero-order valence-electron chi connectivity index (χ0n) is 17.3. The zero-order valence-corrected chi connectivity index (χ0v) is 19.7. The van der Waals surface area contributed by atoms with Gasteiger partial charge in [-0.3, -0.25) is 4.79 Å². The van der Waals surface area contributed by atoms with Gasteiger partial charge in [-0.1, -0.05) is 12.5 Å². The second kappa shape index (κ2) is 16.3. The van der Waals surface area contributed by atoms with Gasteiger partial charge in [-0.05, 0) is 38.8 Å². The van der Waals surface area contributed by atoms with Crippen LogP contribution in [0.2, 0.25) is 0 Å². The van der Waals surface area contributed by atoms with Crippen molar-refractivity contribution >= 4 is 35.9 Å². The summed E-state index contributed by atoms with van der Waals surface area (Å²) in [5.41, 5.74) is 0. The lowest BCUT2D eigenvalue weighted by Crippen LogP contribution is -2.38. The molecular formula is C20H34IN3O4. The molecule has 0 bridgehead atoms. The molecule has 1 unspecified atom stereocenters. The summed E-state index contributed by atoms with van der Waals surface area (Å²) >= 11 is 0. The maximum absolute atomic E-state index is 11.1. The Bertz CT molecular complexity index is 584. The van der Waals surface area contributed by atoms with Gasteiger partial charge in [0.1, 0.15) is 17.6 Å². The summed E-state index contributed by atoms with van der Waals surface area (Å²) in [7, 11) is 3.05. The van der Waals surface area contributed by atoms with E-state index in [2.05, 4.69) is 20.4 Å². The lowest BCUT2D eigenvalue weighted by atomic mass is 10.2. The van der Waals surface area contributed by atoms with Crippen LogP contribution in [0.1, 0.15) is 39.5 Å². The fourth-order valence-corrected chi connectivity index (χ4v) is 2.39. The van der Waals surface area contributed by atoms with Gasteiger partial charge in [0, 0.05) is 25.6 Å². The number of esters is 1. The summed E-state index contributed by atoms with van der Waals surface area (Å²) in [6, 6.07) is 7.54. The fourth-order valence-electron chi connectivity index (χ4n) is 2.39. The molecule has 1 rings (SSSR count). The van der Waals surface area contributed by atoms with Gasteiger partial charge >= 0.3 is 5.97 Å². The van der Waals surface area contributed by atoms with Crippen molar-refractivity contribution in [2.45, 2.75) is 45.6 Å². The second-order valence-corrected chi connectivity index (χ2v) is 6.14. The Morgan fingerprint density at radius 3 is 2.57 bits per heavy atom. The second-order valence-electron chi connectivity index (χ2n) is 6.14. The van der Waals surface area contributed by atoms with Crippen molar-refractivity contribution in [3.8, 4) is 11.5 Å². The van der Waals surface area contributed by atoms with Gasteiger partial charge in [0.15, 0.2) is 5.96 Å². The van der Waals surface area contributed by atoms with Gasteiger partial charge < -0.3 is 24.8 Å². The lowest BCUT2D eigenvalue weighted by molar-refractivity contribution is -0.140. The number of aliphatic imine (C=N–C) groups is 1. The van der Waals surface area contributed by atoms with E-state index < -0.39 is 0 Å². The van der Waals surface area contributed by atoms with Crippen LogP contribution in [0, 0.1) is 0 Å². The van der Waals surface area contributed by atoms with Gasteiger partial charge in [-0.15, -0.1) is 24.0 Å². The number of nitrogens with zero attached hydrogens (tertiary/aromatic N) is 1. The van der Waals surface area contributed by atoms with Crippen LogP contribution in [0.4, 0.5) is 0 Å². The highest BCUT2D eigenvalue weighted by Crippen LogP contribution is 2.19. The topological polar surface area (TPSA) is 81.2 Å². The molecule has 0 aliphatic carbocycles. The normalized spacial score (nSPS) is 11.8. The van der Waals surface area contributed by atoms with E-state index in [1.807, 2.05) is 38.1 Å². The molecule has 0 aliphatic rings. The van der Waals surface area contributed by atoms with E-state index in [1.165, 1.54) is 7.11 Å². The summed E-state index contributed by atoms with van der Waals surface area (Å²) < 4.78 is 15.7. The molecule has 28 heavy (non-hydrogen) atoms. The third-order valence-electron chi connectivity index (χ3n) is 3.81. The van der Waals surface area contributed by atoms with E-state index in [1.54, 1.807) is 7.11 Å². The van der Waals surface area contributed by atoms with Gasteiger partial charge in [-0.2, -0.15) is 0 Å². The highest BCUT2D eigenvalue weighted by Gasteiger charge is 2.06. The Morgan fingerprint density at radius 2 is 1.89 bits per heavy atom. The number of hydrogen-bond acceptors (Lipinski definition) is 5. The minimum absolute atomic E-state index is 0. The maximum Gasteiger partial charge on any atom is 0.305 e. The smallest absolute Gasteiger partial charge is 0.305 e. The quantitative estimate of drug-likeness (QED) is 0.149. The van der Waals surface area contributed by atoms with Crippen LogP contribution in [0.15, 0.2) is 29.3 Å². The van der Waals surface area contributed by atoms with Crippen LogP contribution in [-0.4, -0.2) is 51.9 Å². The number of hydrogen-bond donors (Lipinski definition) is 2. The third kappa shape index (κ3) is 11.9. The van der Waals surface area contributed by atoms with Crippen LogP contribution >= 0.6 is 24.0 Å². The van der Waals surface area contributed by atoms with E-state index in [0.29, 0.717) is 13.0 Å². The van der Waals surface area contributed by atoms with Crippen molar-refractivity contribution in [2.24, 2.45) is 4.99 Å². The standard InChI is InChI=1S/C20H33N3O4.HI/c1-5-21-20(22-13-8-6-7-12-19(24)26-4)23-15-16(2)27-18-11-9-10-17(14-18)25-3;/h9-11,14,16H,5-8,12-13,15H2,1-4H3,(H2,21,22,23);1H. The highest BCUT2D eigenvalue weighted by atomic mass is 127. The van der Waals surface area contributed by atoms with Gasteiger partial charge in [0.25, 0.3) is 0 Å². The Labute approximate surface area is 185 Å². The fraction of sp³-hybridized carbons (Fsp3) is 0.600. The van der Waals surface area contributed by atoms with Gasteiger partial charge in [0.2, 0.25) is 0 Å². The number of rotatable bonds is 12. The number of carbonyl (C=O) groups excluding carboxylic acids is 1. The van der Waals surface area contributed by atoms with Gasteiger partial charge in [0.05, 0.1) is 20.8 Å². The molecule has 0 heterocycles. The molecule has 1 aromatic carbocycles. The Hall–Kier alpha value is -1.71. The molecule has 0 fully saturated rings. The minimum atomic E-state index is -0.150. The van der Waals surface area contributed by atoms with Crippen LogP contribution in [0.3, 0.4) is 0 Å². The predicted molar refractivity (Wildman–Crippen MR) is 123 cm³/mol. The molecule has 1 aromatic rings. The molecule has 7 nitrogen and oxygen atoms in total. The van der Waals surface area contributed by atoms with Crippen LogP contribution in [-0.2, 0) is 9.53 Å². The van der Waals surface area contributed by atoms with Crippen LogP contribution < -0.4 is 20.1 Å². The first-order valence-electron chi connectivity index (χ1n) is 9.48. The van der Waals surface area contributed by atoms with Gasteiger partial charge in [-0.25, -0.2) is 4.99 Å². The lowest BCUT2D eigenvalue weighted by Gasteiger charge is -2.15. The van der Waals surface area contributed by atoms with E-state index in [-0.39, 0.29) is 36.0 Å². The summed E-state index contributed by atoms with van der Waals surface area (Å²) in [5.74, 6) is 2.15. The SMILES string of the molecule is CCNC(=NCC(C)Oc1cccc(OC)c1)NCCCCCC(=O)OC.I. The number of nitrogens with one attached hydrogen (secondary N) is 2. The highest BCUT2D eigenvalue weighted by molar-refractivity contribution is 14.0. The number of carbonyl (C=O) groups is 1. The Balaban J connectivity index is 0.00000729. The number of guanidine groups is 1. The van der Waals surface area contributed by atoms with E-state index in [0.717, 1.165) is 49.8 Å². The number of halogens is 1. The molecule has 0 radical (unpaired) electrons. The number of benzene rings is 1. The minimum Gasteiger partial charge on any atom is -0.497 e. The molecule has 1 atom stereocenters. The molecule has 0 saturated heterocycles. The van der Waals surface area contributed by atoms with E-state index in [4.69, 9.17) is 9.47 Å². The van der Waals surface area contributed by atoms with Crippen molar-refractivity contribution in [3.05, 3.63) is 24.3 Å². The Kier molecular flexibility index (Phi) is 15.3. The molecular weight excluding hydrogens is 473 g/mol. The van der Waals surface area contributed by atoms with E-state index >= 15 is 0 Å². The molecule has 0 spiro atoms. The number of methoxy groups -OCH3 is 2. The van der Waals surface area contributed by atoms with Crippen molar-refractivity contribution in [2.75, 3.05) is 33.9 Å². The molecule has 0 saturated carbocycles. The summed E-state index contributed by atoms with van der Waals surface area (Å²) in [6.45, 7) is 6.15. The first-order valence-corrected chi connectivity index (χ1v) is 9.48. The van der Waals surface area contributed by atoms with Crippen LogP contribution in [0.5, 0.6) is 11.5 Å². The number of ether oxygens (including phenoxy) is 3. The first-order chi connectivity index (χ1) is 13.1.